The Labute approximate surface area is 130 Å². The van der Waals surface area contributed by atoms with Crippen LogP contribution in [0.2, 0.25) is 10.0 Å². The maximum atomic E-state index is 11.8. The van der Waals surface area contributed by atoms with E-state index in [0.29, 0.717) is 23.1 Å². The fourth-order valence-corrected chi connectivity index (χ4v) is 3.65. The molecule has 20 heavy (non-hydrogen) atoms. The van der Waals surface area contributed by atoms with Crippen molar-refractivity contribution in [2.75, 3.05) is 31.9 Å². The van der Waals surface area contributed by atoms with Crippen molar-refractivity contribution in [2.45, 2.75) is 13.5 Å². The number of sulfonamides is 1. The quantitative estimate of drug-likeness (QED) is 0.847. The Balaban J connectivity index is 1.93. The number of benzene rings is 1. The maximum Gasteiger partial charge on any atom is 0.213 e. The Morgan fingerprint density at radius 1 is 1.10 bits per heavy atom. The molecule has 0 spiro atoms. The normalized spacial score (nSPS) is 18.4. The molecule has 1 aromatic carbocycles. The van der Waals surface area contributed by atoms with Crippen molar-refractivity contribution in [1.29, 1.82) is 0 Å². The summed E-state index contributed by atoms with van der Waals surface area (Å²) in [5.41, 5.74) is 1.09. The van der Waals surface area contributed by atoms with E-state index in [1.807, 2.05) is 12.1 Å². The lowest BCUT2D eigenvalue weighted by Crippen LogP contribution is -2.48. The van der Waals surface area contributed by atoms with Crippen molar-refractivity contribution < 1.29 is 8.42 Å². The summed E-state index contributed by atoms with van der Waals surface area (Å²) in [5, 5.41) is 1.10. The van der Waals surface area contributed by atoms with E-state index in [4.69, 9.17) is 23.2 Å². The first-order valence-electron chi connectivity index (χ1n) is 6.56. The van der Waals surface area contributed by atoms with Gasteiger partial charge in [0.05, 0.1) is 15.8 Å². The van der Waals surface area contributed by atoms with E-state index in [1.54, 1.807) is 17.3 Å². The third kappa shape index (κ3) is 3.86. The van der Waals surface area contributed by atoms with E-state index < -0.39 is 10.0 Å². The molecule has 1 aliphatic heterocycles. The summed E-state index contributed by atoms with van der Waals surface area (Å²) in [6.07, 6.45) is 0. The molecule has 0 aliphatic carbocycles. The molecule has 0 radical (unpaired) electrons. The molecular formula is C13H18Cl2N2O2S. The van der Waals surface area contributed by atoms with Crippen LogP contribution in [0.25, 0.3) is 0 Å². The van der Waals surface area contributed by atoms with E-state index in [1.165, 1.54) is 0 Å². The number of hydrogen-bond acceptors (Lipinski definition) is 3. The smallest absolute Gasteiger partial charge is 0.213 e. The van der Waals surface area contributed by atoms with Crippen LogP contribution in [0, 0.1) is 0 Å². The van der Waals surface area contributed by atoms with Gasteiger partial charge in [0.1, 0.15) is 0 Å². The zero-order chi connectivity index (χ0) is 14.8. The highest BCUT2D eigenvalue weighted by Crippen LogP contribution is 2.23. The summed E-state index contributed by atoms with van der Waals surface area (Å²) < 4.78 is 25.1. The lowest BCUT2D eigenvalue weighted by atomic mass is 10.2. The van der Waals surface area contributed by atoms with E-state index in [2.05, 4.69) is 4.90 Å². The zero-order valence-electron chi connectivity index (χ0n) is 11.3. The van der Waals surface area contributed by atoms with Crippen molar-refractivity contribution in [3.8, 4) is 0 Å². The van der Waals surface area contributed by atoms with Crippen LogP contribution in [0.1, 0.15) is 12.5 Å². The largest absolute Gasteiger partial charge is 0.296 e. The third-order valence-electron chi connectivity index (χ3n) is 3.48. The Bertz CT molecular complexity index is 570. The minimum atomic E-state index is -3.06. The second-order valence-corrected chi connectivity index (χ2v) is 7.90. The van der Waals surface area contributed by atoms with Gasteiger partial charge < -0.3 is 0 Å². The standard InChI is InChI=1S/C13H18Cl2N2O2S/c1-2-20(18,19)17-7-5-16(6-8-17)10-11-3-4-12(14)13(15)9-11/h3-4,9H,2,5-8,10H2,1H3. The molecule has 1 fully saturated rings. The van der Waals surface area contributed by atoms with Crippen LogP contribution >= 0.6 is 23.2 Å². The van der Waals surface area contributed by atoms with Gasteiger partial charge in [-0.3, -0.25) is 4.90 Å². The van der Waals surface area contributed by atoms with E-state index >= 15 is 0 Å². The molecule has 112 valence electrons. The molecule has 2 rings (SSSR count). The molecule has 1 aromatic rings. The van der Waals surface area contributed by atoms with Crippen LogP contribution in [0.3, 0.4) is 0 Å². The third-order valence-corrected chi connectivity index (χ3v) is 6.10. The fourth-order valence-electron chi connectivity index (χ4n) is 2.24. The van der Waals surface area contributed by atoms with Crippen molar-refractivity contribution in [3.63, 3.8) is 0 Å². The summed E-state index contributed by atoms with van der Waals surface area (Å²) in [5.74, 6) is 0.166. The summed E-state index contributed by atoms with van der Waals surface area (Å²) in [6.45, 7) is 5.02. The Morgan fingerprint density at radius 3 is 2.30 bits per heavy atom. The number of hydrogen-bond donors (Lipinski definition) is 0. The summed E-state index contributed by atoms with van der Waals surface area (Å²) >= 11 is 11.9. The molecule has 1 saturated heterocycles. The maximum absolute atomic E-state index is 11.8. The van der Waals surface area contributed by atoms with Gasteiger partial charge in [0.25, 0.3) is 0 Å². The Kier molecular flexibility index (Phi) is 5.31. The Hall–Kier alpha value is -0.330. The monoisotopic (exact) mass is 336 g/mol. The van der Waals surface area contributed by atoms with Crippen molar-refractivity contribution in [1.82, 2.24) is 9.21 Å². The Morgan fingerprint density at radius 2 is 1.75 bits per heavy atom. The number of piperazine rings is 1. The summed E-state index contributed by atoms with van der Waals surface area (Å²) in [6, 6.07) is 5.60. The highest BCUT2D eigenvalue weighted by atomic mass is 35.5. The molecule has 0 unspecified atom stereocenters. The molecular weight excluding hydrogens is 319 g/mol. The molecule has 7 heteroatoms. The van der Waals surface area contributed by atoms with Gasteiger partial charge >= 0.3 is 0 Å². The van der Waals surface area contributed by atoms with Gasteiger partial charge in [0.2, 0.25) is 10.0 Å². The first-order chi connectivity index (χ1) is 9.42. The first kappa shape index (κ1) is 16.0. The van der Waals surface area contributed by atoms with Crippen LogP contribution in [0.15, 0.2) is 18.2 Å². The average molecular weight is 337 g/mol. The van der Waals surface area contributed by atoms with Crippen LogP contribution in [-0.4, -0.2) is 49.6 Å². The number of halogens is 2. The lowest BCUT2D eigenvalue weighted by molar-refractivity contribution is 0.182. The van der Waals surface area contributed by atoms with Crippen molar-refractivity contribution in [3.05, 3.63) is 33.8 Å². The topological polar surface area (TPSA) is 40.6 Å². The van der Waals surface area contributed by atoms with Gasteiger partial charge in [-0.15, -0.1) is 0 Å². The van der Waals surface area contributed by atoms with Crippen LogP contribution < -0.4 is 0 Å². The SMILES string of the molecule is CCS(=O)(=O)N1CCN(Cc2ccc(Cl)c(Cl)c2)CC1. The van der Waals surface area contributed by atoms with Gasteiger partial charge in [-0.05, 0) is 24.6 Å². The average Bonchev–Trinajstić information content (AvgIpc) is 2.43. The van der Waals surface area contributed by atoms with Crippen LogP contribution in [0.5, 0.6) is 0 Å². The lowest BCUT2D eigenvalue weighted by Gasteiger charge is -2.33. The predicted octanol–water partition coefficient (Wildman–Crippen LogP) is 2.46. The molecule has 0 amide bonds. The second-order valence-electron chi connectivity index (χ2n) is 4.82. The van der Waals surface area contributed by atoms with Gasteiger partial charge in [0, 0.05) is 32.7 Å². The van der Waals surface area contributed by atoms with Gasteiger partial charge in [-0.1, -0.05) is 29.3 Å². The van der Waals surface area contributed by atoms with Crippen molar-refractivity contribution in [2.24, 2.45) is 0 Å². The zero-order valence-corrected chi connectivity index (χ0v) is 13.7. The minimum Gasteiger partial charge on any atom is -0.296 e. The highest BCUT2D eigenvalue weighted by molar-refractivity contribution is 7.89. The summed E-state index contributed by atoms with van der Waals surface area (Å²) in [7, 11) is -3.06. The molecule has 0 bridgehead atoms. The van der Waals surface area contributed by atoms with Gasteiger partial charge in [0.15, 0.2) is 0 Å². The van der Waals surface area contributed by atoms with Crippen LogP contribution in [0.4, 0.5) is 0 Å². The number of nitrogens with zero attached hydrogens (tertiary/aromatic N) is 2. The van der Waals surface area contributed by atoms with Crippen molar-refractivity contribution >= 4 is 33.2 Å². The van der Waals surface area contributed by atoms with E-state index in [-0.39, 0.29) is 5.75 Å². The minimum absolute atomic E-state index is 0.166. The summed E-state index contributed by atoms with van der Waals surface area (Å²) in [4.78, 5) is 2.22. The molecule has 1 heterocycles. The molecule has 0 aromatic heterocycles. The van der Waals surface area contributed by atoms with Gasteiger partial charge in [-0.25, -0.2) is 8.42 Å². The second kappa shape index (κ2) is 6.62. The highest BCUT2D eigenvalue weighted by Gasteiger charge is 2.25. The van der Waals surface area contributed by atoms with E-state index in [0.717, 1.165) is 25.2 Å². The molecule has 0 atom stereocenters. The number of rotatable bonds is 4. The first-order valence-corrected chi connectivity index (χ1v) is 8.93. The van der Waals surface area contributed by atoms with Crippen LogP contribution in [-0.2, 0) is 16.6 Å². The predicted molar refractivity (Wildman–Crippen MR) is 82.8 cm³/mol. The van der Waals surface area contributed by atoms with Gasteiger partial charge in [-0.2, -0.15) is 4.31 Å². The molecule has 1 aliphatic rings. The molecule has 0 N–H and O–H groups in total. The van der Waals surface area contributed by atoms with E-state index in [9.17, 15) is 8.42 Å². The molecule has 4 nitrogen and oxygen atoms in total. The molecule has 0 saturated carbocycles. The fraction of sp³-hybridized carbons (Fsp3) is 0.538.